The predicted octanol–water partition coefficient (Wildman–Crippen LogP) is 2.21. The summed E-state index contributed by atoms with van der Waals surface area (Å²) >= 11 is 0. The number of imide groups is 1. The first-order valence-electron chi connectivity index (χ1n) is 11.6. The maximum Gasteiger partial charge on any atom is 0.251 e. The fourth-order valence-corrected chi connectivity index (χ4v) is 4.85. The predicted molar refractivity (Wildman–Crippen MR) is 126 cm³/mol. The Morgan fingerprint density at radius 1 is 1.06 bits per heavy atom. The van der Waals surface area contributed by atoms with Crippen LogP contribution in [0.5, 0.6) is 0 Å². The SMILES string of the molecule is CC1(C)CC(=O)C(C=NCCN2CCN(C3CC(=O)N(c4ccccc4)C3=O)CC2)=C(O)C1. The summed E-state index contributed by atoms with van der Waals surface area (Å²) in [6, 6.07) is 8.69. The van der Waals surface area contributed by atoms with Crippen molar-refractivity contribution in [3.8, 4) is 0 Å². The van der Waals surface area contributed by atoms with Crippen molar-refractivity contribution >= 4 is 29.5 Å². The Bertz CT molecular complexity index is 977. The molecule has 4 rings (SSSR count). The molecule has 0 spiro atoms. The number of Topliss-reactive ketones (excluding diaryl/α,β-unsaturated/α-hetero) is 1. The van der Waals surface area contributed by atoms with E-state index in [2.05, 4.69) is 14.8 Å². The van der Waals surface area contributed by atoms with Gasteiger partial charge in [-0.2, -0.15) is 0 Å². The molecule has 1 aromatic rings. The van der Waals surface area contributed by atoms with Gasteiger partial charge < -0.3 is 5.11 Å². The number of aliphatic hydroxyl groups excluding tert-OH is 1. The zero-order chi connectivity index (χ0) is 23.6. The summed E-state index contributed by atoms with van der Waals surface area (Å²) in [7, 11) is 0. The number of hydrogen-bond donors (Lipinski definition) is 1. The van der Waals surface area contributed by atoms with Crippen LogP contribution in [-0.4, -0.2) is 84.0 Å². The van der Waals surface area contributed by atoms with Crippen LogP contribution in [0.1, 0.15) is 33.1 Å². The monoisotopic (exact) mass is 452 g/mol. The molecule has 0 saturated carbocycles. The van der Waals surface area contributed by atoms with Crippen molar-refractivity contribution in [3.05, 3.63) is 41.7 Å². The van der Waals surface area contributed by atoms with Crippen molar-refractivity contribution in [2.24, 2.45) is 10.4 Å². The number of hydrogen-bond acceptors (Lipinski definition) is 7. The summed E-state index contributed by atoms with van der Waals surface area (Å²) in [4.78, 5) is 47.7. The number of nitrogens with zero attached hydrogens (tertiary/aromatic N) is 4. The van der Waals surface area contributed by atoms with E-state index in [4.69, 9.17) is 0 Å². The molecule has 2 heterocycles. The van der Waals surface area contributed by atoms with Gasteiger partial charge in [-0.15, -0.1) is 0 Å². The van der Waals surface area contributed by atoms with E-state index in [9.17, 15) is 19.5 Å². The van der Waals surface area contributed by atoms with E-state index in [1.54, 1.807) is 12.1 Å². The maximum atomic E-state index is 12.9. The number of benzene rings is 1. The lowest BCUT2D eigenvalue weighted by molar-refractivity contribution is -0.123. The Morgan fingerprint density at radius 3 is 2.42 bits per heavy atom. The second kappa shape index (κ2) is 9.57. The molecular formula is C25H32N4O4. The van der Waals surface area contributed by atoms with Crippen LogP contribution in [0.4, 0.5) is 5.69 Å². The average molecular weight is 453 g/mol. The summed E-state index contributed by atoms with van der Waals surface area (Å²) in [5.41, 5.74) is 0.765. The molecule has 2 saturated heterocycles. The number of piperazine rings is 1. The lowest BCUT2D eigenvalue weighted by Crippen LogP contribution is -2.52. The number of para-hydroxylation sites is 1. The van der Waals surface area contributed by atoms with Gasteiger partial charge in [0.1, 0.15) is 5.76 Å². The molecule has 2 amide bonds. The Kier molecular flexibility index (Phi) is 6.76. The highest BCUT2D eigenvalue weighted by atomic mass is 16.3. The summed E-state index contributed by atoms with van der Waals surface area (Å²) < 4.78 is 0. The zero-order valence-electron chi connectivity index (χ0n) is 19.4. The van der Waals surface area contributed by atoms with E-state index in [1.807, 2.05) is 32.0 Å². The normalized spacial score (nSPS) is 25.0. The molecule has 0 bridgehead atoms. The molecule has 2 aliphatic heterocycles. The van der Waals surface area contributed by atoms with Crippen LogP contribution in [0.15, 0.2) is 46.7 Å². The smallest absolute Gasteiger partial charge is 0.251 e. The third kappa shape index (κ3) is 5.23. The number of rotatable bonds is 6. The molecule has 3 aliphatic rings. The number of carbonyl (C=O) groups is 3. The van der Waals surface area contributed by atoms with E-state index in [-0.39, 0.29) is 35.2 Å². The molecular weight excluding hydrogens is 420 g/mol. The van der Waals surface area contributed by atoms with Gasteiger partial charge in [0, 0.05) is 51.8 Å². The number of aliphatic hydroxyl groups is 1. The van der Waals surface area contributed by atoms with Crippen LogP contribution in [0.3, 0.4) is 0 Å². The minimum absolute atomic E-state index is 0.0542. The molecule has 176 valence electrons. The number of amides is 2. The molecule has 0 aromatic heterocycles. The first-order chi connectivity index (χ1) is 15.7. The Morgan fingerprint density at radius 2 is 1.76 bits per heavy atom. The molecule has 33 heavy (non-hydrogen) atoms. The molecule has 2 fully saturated rings. The van der Waals surface area contributed by atoms with Gasteiger partial charge in [0.15, 0.2) is 5.78 Å². The first kappa shape index (κ1) is 23.3. The summed E-state index contributed by atoms with van der Waals surface area (Å²) in [6.45, 7) is 8.25. The van der Waals surface area contributed by atoms with E-state index in [1.165, 1.54) is 11.1 Å². The van der Waals surface area contributed by atoms with E-state index in [0.29, 0.717) is 30.6 Å². The zero-order valence-corrected chi connectivity index (χ0v) is 19.4. The molecule has 1 unspecified atom stereocenters. The molecule has 1 aromatic carbocycles. The second-order valence-corrected chi connectivity index (χ2v) is 9.84. The van der Waals surface area contributed by atoms with Crippen LogP contribution in [-0.2, 0) is 14.4 Å². The van der Waals surface area contributed by atoms with Crippen LogP contribution in [0.25, 0.3) is 0 Å². The highest BCUT2D eigenvalue weighted by Crippen LogP contribution is 2.35. The number of ketones is 1. The fraction of sp³-hybridized carbons (Fsp3) is 0.520. The van der Waals surface area contributed by atoms with Gasteiger partial charge in [0.25, 0.3) is 5.91 Å². The topological polar surface area (TPSA) is 93.5 Å². The molecule has 8 heteroatoms. The summed E-state index contributed by atoms with van der Waals surface area (Å²) in [5, 5.41) is 10.2. The van der Waals surface area contributed by atoms with Crippen molar-refractivity contribution in [3.63, 3.8) is 0 Å². The Balaban J connectivity index is 1.25. The standard InChI is InChI=1S/C25H32N4O4/c1-25(2)15-21(30)19(22(31)16-25)17-26-8-9-27-10-12-28(13-11-27)20-14-23(32)29(24(20)33)18-6-4-3-5-7-18/h3-7,17,20,30H,8-16H2,1-2H3. The number of anilines is 1. The van der Waals surface area contributed by atoms with Crippen LogP contribution in [0, 0.1) is 5.41 Å². The van der Waals surface area contributed by atoms with Crippen molar-refractivity contribution in [2.45, 2.75) is 39.2 Å². The van der Waals surface area contributed by atoms with Crippen LogP contribution in [0.2, 0.25) is 0 Å². The van der Waals surface area contributed by atoms with E-state index in [0.717, 1.165) is 32.7 Å². The highest BCUT2D eigenvalue weighted by Gasteiger charge is 2.43. The average Bonchev–Trinajstić information content (AvgIpc) is 3.07. The third-order valence-electron chi connectivity index (χ3n) is 6.65. The van der Waals surface area contributed by atoms with Crippen molar-refractivity contribution in [1.82, 2.24) is 9.80 Å². The second-order valence-electron chi connectivity index (χ2n) is 9.84. The van der Waals surface area contributed by atoms with Gasteiger partial charge in [-0.05, 0) is 17.5 Å². The highest BCUT2D eigenvalue weighted by molar-refractivity contribution is 6.22. The maximum absolute atomic E-state index is 12.9. The molecule has 0 radical (unpaired) electrons. The number of aliphatic imine (C=N–C) groups is 1. The lowest BCUT2D eigenvalue weighted by Gasteiger charge is -2.36. The van der Waals surface area contributed by atoms with Crippen molar-refractivity contribution in [1.29, 1.82) is 0 Å². The van der Waals surface area contributed by atoms with Gasteiger partial charge in [-0.25, -0.2) is 4.90 Å². The summed E-state index contributed by atoms with van der Waals surface area (Å²) in [5.74, 6) is -0.209. The van der Waals surface area contributed by atoms with E-state index >= 15 is 0 Å². The van der Waals surface area contributed by atoms with Gasteiger partial charge in [-0.3, -0.25) is 29.2 Å². The quantitative estimate of drug-likeness (QED) is 0.525. The Hall–Kier alpha value is -2.84. The van der Waals surface area contributed by atoms with Gasteiger partial charge in [0.2, 0.25) is 5.91 Å². The van der Waals surface area contributed by atoms with Gasteiger partial charge >= 0.3 is 0 Å². The van der Waals surface area contributed by atoms with Crippen LogP contribution < -0.4 is 4.90 Å². The van der Waals surface area contributed by atoms with E-state index < -0.39 is 6.04 Å². The van der Waals surface area contributed by atoms with Crippen molar-refractivity contribution in [2.75, 3.05) is 44.2 Å². The fourth-order valence-electron chi connectivity index (χ4n) is 4.85. The number of carbonyl (C=O) groups excluding carboxylic acids is 3. The minimum Gasteiger partial charge on any atom is -0.511 e. The number of allylic oxidation sites excluding steroid dienone is 2. The van der Waals surface area contributed by atoms with Gasteiger partial charge in [-0.1, -0.05) is 32.0 Å². The molecule has 1 aliphatic carbocycles. The molecule has 1 atom stereocenters. The molecule has 1 N–H and O–H groups in total. The third-order valence-corrected chi connectivity index (χ3v) is 6.65. The first-order valence-corrected chi connectivity index (χ1v) is 11.6. The largest absolute Gasteiger partial charge is 0.511 e. The minimum atomic E-state index is -0.394. The Labute approximate surface area is 194 Å². The van der Waals surface area contributed by atoms with Gasteiger partial charge in [0.05, 0.1) is 30.3 Å². The molecule has 8 nitrogen and oxygen atoms in total. The lowest BCUT2D eigenvalue weighted by atomic mass is 9.77. The van der Waals surface area contributed by atoms with Crippen molar-refractivity contribution < 1.29 is 19.5 Å². The summed E-state index contributed by atoms with van der Waals surface area (Å²) in [6.07, 6.45) is 2.65. The van der Waals surface area contributed by atoms with Crippen LogP contribution >= 0.6 is 0 Å².